The van der Waals surface area contributed by atoms with Gasteiger partial charge in [-0.25, -0.2) is 0 Å². The highest BCUT2D eigenvalue weighted by atomic mass is 35.5. The van der Waals surface area contributed by atoms with E-state index in [1.807, 2.05) is 0 Å². The minimum Gasteiger partial charge on any atom is -0.378 e. The normalized spacial score (nSPS) is 20.2. The molecule has 1 saturated heterocycles. The number of amides is 1. The van der Waals surface area contributed by atoms with Crippen LogP contribution in [0.4, 0.5) is 0 Å². The molecule has 5 nitrogen and oxygen atoms in total. The van der Waals surface area contributed by atoms with Crippen LogP contribution in [-0.4, -0.2) is 35.4 Å². The van der Waals surface area contributed by atoms with Crippen LogP contribution in [-0.2, 0) is 4.74 Å². The molecule has 1 N–H and O–H groups in total. The quantitative estimate of drug-likeness (QED) is 0.911. The zero-order valence-electron chi connectivity index (χ0n) is 9.32. The van der Waals surface area contributed by atoms with Crippen LogP contribution in [0.15, 0.2) is 0 Å². The van der Waals surface area contributed by atoms with Crippen molar-refractivity contribution in [2.24, 2.45) is 0 Å². The summed E-state index contributed by atoms with van der Waals surface area (Å²) in [5.41, 5.74) is 0. The maximum atomic E-state index is 11.6. The SMILES string of the molecule is O=C(NCCC1CCCCO1)c1nnc(Cl)s1. The van der Waals surface area contributed by atoms with Gasteiger partial charge in [-0.15, -0.1) is 10.2 Å². The number of nitrogens with zero attached hydrogens (tertiary/aromatic N) is 2. The Bertz CT molecular complexity index is 379. The maximum absolute atomic E-state index is 11.6. The Labute approximate surface area is 109 Å². The van der Waals surface area contributed by atoms with Gasteiger partial charge < -0.3 is 10.1 Å². The van der Waals surface area contributed by atoms with Crippen molar-refractivity contribution in [2.45, 2.75) is 31.8 Å². The van der Waals surface area contributed by atoms with Crippen molar-refractivity contribution in [2.75, 3.05) is 13.2 Å². The highest BCUT2D eigenvalue weighted by molar-refractivity contribution is 7.17. The molecule has 94 valence electrons. The van der Waals surface area contributed by atoms with Gasteiger partial charge in [0.1, 0.15) is 0 Å². The fourth-order valence-corrected chi connectivity index (χ4v) is 2.50. The number of aromatic nitrogens is 2. The fraction of sp³-hybridized carbons (Fsp3) is 0.700. The van der Waals surface area contributed by atoms with Crippen LogP contribution in [0, 0.1) is 0 Å². The van der Waals surface area contributed by atoms with Crippen LogP contribution in [0.3, 0.4) is 0 Å². The summed E-state index contributed by atoms with van der Waals surface area (Å²) in [7, 11) is 0. The van der Waals surface area contributed by atoms with E-state index in [1.165, 1.54) is 6.42 Å². The second kappa shape index (κ2) is 6.28. The van der Waals surface area contributed by atoms with Crippen molar-refractivity contribution in [1.82, 2.24) is 15.5 Å². The summed E-state index contributed by atoms with van der Waals surface area (Å²) in [4.78, 5) is 11.6. The molecule has 1 atom stereocenters. The van der Waals surface area contributed by atoms with E-state index in [-0.39, 0.29) is 16.5 Å². The van der Waals surface area contributed by atoms with Gasteiger partial charge in [-0.1, -0.05) is 11.3 Å². The average molecular weight is 276 g/mol. The van der Waals surface area contributed by atoms with Crippen molar-refractivity contribution in [3.63, 3.8) is 0 Å². The third-order valence-corrected chi connectivity index (χ3v) is 3.64. The van der Waals surface area contributed by atoms with Crippen molar-refractivity contribution in [3.8, 4) is 0 Å². The Morgan fingerprint density at radius 2 is 2.41 bits per heavy atom. The minimum absolute atomic E-state index is 0.217. The van der Waals surface area contributed by atoms with Crippen molar-refractivity contribution < 1.29 is 9.53 Å². The summed E-state index contributed by atoms with van der Waals surface area (Å²) in [6.07, 6.45) is 4.57. The minimum atomic E-state index is -0.217. The molecule has 1 aromatic heterocycles. The molecule has 2 rings (SSSR count). The zero-order valence-corrected chi connectivity index (χ0v) is 10.9. The number of carbonyl (C=O) groups excluding carboxylic acids is 1. The van der Waals surface area contributed by atoms with Gasteiger partial charge in [0, 0.05) is 13.2 Å². The topological polar surface area (TPSA) is 64.1 Å². The van der Waals surface area contributed by atoms with Gasteiger partial charge >= 0.3 is 0 Å². The highest BCUT2D eigenvalue weighted by Gasteiger charge is 2.15. The Hall–Kier alpha value is -0.720. The third-order valence-electron chi connectivity index (χ3n) is 2.62. The molecule has 1 fully saturated rings. The molecule has 0 aromatic carbocycles. The number of nitrogens with one attached hydrogen (secondary N) is 1. The largest absolute Gasteiger partial charge is 0.378 e. The molecule has 17 heavy (non-hydrogen) atoms. The summed E-state index contributed by atoms with van der Waals surface area (Å²) >= 11 is 6.69. The number of ether oxygens (including phenoxy) is 1. The van der Waals surface area contributed by atoms with Crippen molar-refractivity contribution >= 4 is 28.8 Å². The van der Waals surface area contributed by atoms with Crippen LogP contribution in [0.2, 0.25) is 4.47 Å². The Kier molecular flexibility index (Phi) is 4.70. The lowest BCUT2D eigenvalue weighted by Crippen LogP contribution is -2.29. The van der Waals surface area contributed by atoms with Gasteiger partial charge in [-0.2, -0.15) is 0 Å². The van der Waals surface area contributed by atoms with Crippen LogP contribution in [0.1, 0.15) is 35.5 Å². The van der Waals surface area contributed by atoms with Crippen LogP contribution in [0.5, 0.6) is 0 Å². The first kappa shape index (κ1) is 12.7. The Balaban J connectivity index is 1.69. The van der Waals surface area contributed by atoms with E-state index in [4.69, 9.17) is 16.3 Å². The molecule has 0 aliphatic carbocycles. The van der Waals surface area contributed by atoms with Crippen LogP contribution in [0.25, 0.3) is 0 Å². The monoisotopic (exact) mass is 275 g/mol. The maximum Gasteiger partial charge on any atom is 0.282 e. The van der Waals surface area contributed by atoms with E-state index >= 15 is 0 Å². The molecule has 7 heteroatoms. The lowest BCUT2D eigenvalue weighted by atomic mass is 10.1. The molecular formula is C10H14ClN3O2S. The summed E-state index contributed by atoms with van der Waals surface area (Å²) in [5, 5.41) is 10.4. The number of rotatable bonds is 4. The predicted molar refractivity (Wildman–Crippen MR) is 65.5 cm³/mol. The molecule has 1 aromatic rings. The highest BCUT2D eigenvalue weighted by Crippen LogP contribution is 2.16. The first-order chi connectivity index (χ1) is 8.25. The summed E-state index contributed by atoms with van der Waals surface area (Å²) in [5.74, 6) is -0.217. The van der Waals surface area contributed by atoms with E-state index in [1.54, 1.807) is 0 Å². The molecule has 1 aliphatic heterocycles. The van der Waals surface area contributed by atoms with Gasteiger partial charge in [0.05, 0.1) is 6.10 Å². The van der Waals surface area contributed by atoms with Gasteiger partial charge in [0.25, 0.3) is 5.91 Å². The molecule has 0 bridgehead atoms. The summed E-state index contributed by atoms with van der Waals surface area (Å²) < 4.78 is 5.85. The number of hydrogen-bond donors (Lipinski definition) is 1. The number of halogens is 1. The second-order valence-electron chi connectivity index (χ2n) is 3.89. The molecule has 1 unspecified atom stereocenters. The van der Waals surface area contributed by atoms with Crippen LogP contribution < -0.4 is 5.32 Å². The number of hydrogen-bond acceptors (Lipinski definition) is 5. The van der Waals surface area contributed by atoms with E-state index in [0.717, 1.165) is 37.2 Å². The fourth-order valence-electron chi connectivity index (χ4n) is 1.75. The van der Waals surface area contributed by atoms with Crippen molar-refractivity contribution in [3.05, 3.63) is 9.47 Å². The predicted octanol–water partition coefficient (Wildman–Crippen LogP) is 1.88. The smallest absolute Gasteiger partial charge is 0.282 e. The van der Waals surface area contributed by atoms with Gasteiger partial charge in [0.15, 0.2) is 0 Å². The van der Waals surface area contributed by atoms with Gasteiger partial charge in [0.2, 0.25) is 9.47 Å². The third kappa shape index (κ3) is 3.90. The summed E-state index contributed by atoms with van der Waals surface area (Å²) in [6, 6.07) is 0. The molecule has 1 amide bonds. The van der Waals surface area contributed by atoms with Gasteiger partial charge in [-0.05, 0) is 37.3 Å². The Morgan fingerprint density at radius 3 is 3.06 bits per heavy atom. The standard InChI is InChI=1S/C10H14ClN3O2S/c11-10-14-13-9(17-10)8(15)12-5-4-7-3-1-2-6-16-7/h7H,1-6H2,(H,12,15). The summed E-state index contributed by atoms with van der Waals surface area (Å²) in [6.45, 7) is 1.44. The molecule has 2 heterocycles. The van der Waals surface area contributed by atoms with E-state index in [0.29, 0.717) is 11.6 Å². The van der Waals surface area contributed by atoms with E-state index in [2.05, 4.69) is 15.5 Å². The molecular weight excluding hydrogens is 262 g/mol. The second-order valence-corrected chi connectivity index (χ2v) is 5.45. The lowest BCUT2D eigenvalue weighted by molar-refractivity contribution is 0.0117. The van der Waals surface area contributed by atoms with Gasteiger partial charge in [-0.3, -0.25) is 4.79 Å². The molecule has 1 aliphatic rings. The van der Waals surface area contributed by atoms with E-state index < -0.39 is 0 Å². The first-order valence-electron chi connectivity index (χ1n) is 5.64. The van der Waals surface area contributed by atoms with Crippen LogP contribution >= 0.6 is 22.9 Å². The average Bonchev–Trinajstić information content (AvgIpc) is 2.77. The zero-order chi connectivity index (χ0) is 12.1. The first-order valence-corrected chi connectivity index (χ1v) is 6.84. The number of carbonyl (C=O) groups is 1. The lowest BCUT2D eigenvalue weighted by Gasteiger charge is -2.22. The molecule has 0 spiro atoms. The van der Waals surface area contributed by atoms with Crippen molar-refractivity contribution in [1.29, 1.82) is 0 Å². The molecule has 0 radical (unpaired) electrons. The molecule has 0 saturated carbocycles. The Morgan fingerprint density at radius 1 is 1.53 bits per heavy atom. The van der Waals surface area contributed by atoms with E-state index in [9.17, 15) is 4.79 Å².